The standard InChI is InChI=1S/C16H18N2O3S2/c1-11-4-6-12(7-5-11)10-22-14-17-15(23-18-14)19-8-13-9-20-16(2,3)21-13/h4-7,9H,8,10H2,1-3H3. The van der Waals surface area contributed by atoms with E-state index in [2.05, 4.69) is 40.5 Å². The normalized spacial score (nSPS) is 15.7. The number of nitrogens with zero attached hydrogens (tertiary/aromatic N) is 2. The number of ether oxygens (including phenoxy) is 3. The van der Waals surface area contributed by atoms with Crippen molar-refractivity contribution in [3.8, 4) is 5.19 Å². The van der Waals surface area contributed by atoms with E-state index in [1.54, 1.807) is 18.0 Å². The van der Waals surface area contributed by atoms with Crippen LogP contribution < -0.4 is 4.74 Å². The van der Waals surface area contributed by atoms with Crippen LogP contribution in [0.25, 0.3) is 0 Å². The highest BCUT2D eigenvalue weighted by Crippen LogP contribution is 2.27. The zero-order valence-electron chi connectivity index (χ0n) is 13.2. The van der Waals surface area contributed by atoms with E-state index in [0.29, 0.717) is 17.6 Å². The number of aryl methyl sites for hydroxylation is 1. The van der Waals surface area contributed by atoms with E-state index in [9.17, 15) is 0 Å². The molecule has 1 aliphatic rings. The Morgan fingerprint density at radius 2 is 2.04 bits per heavy atom. The third kappa shape index (κ3) is 4.62. The maximum atomic E-state index is 5.59. The fourth-order valence-corrected chi connectivity index (χ4v) is 3.37. The van der Waals surface area contributed by atoms with E-state index in [-0.39, 0.29) is 0 Å². The molecule has 0 saturated carbocycles. The van der Waals surface area contributed by atoms with Crippen LogP contribution in [-0.4, -0.2) is 21.8 Å². The van der Waals surface area contributed by atoms with Crippen LogP contribution in [0.2, 0.25) is 0 Å². The van der Waals surface area contributed by atoms with Crippen LogP contribution in [0.4, 0.5) is 0 Å². The van der Waals surface area contributed by atoms with Crippen LogP contribution in [0.1, 0.15) is 25.0 Å². The van der Waals surface area contributed by atoms with Gasteiger partial charge in [0.15, 0.2) is 12.4 Å². The molecule has 23 heavy (non-hydrogen) atoms. The minimum absolute atomic E-state index is 0.292. The summed E-state index contributed by atoms with van der Waals surface area (Å²) in [5, 5.41) is 1.26. The largest absolute Gasteiger partial charge is 0.461 e. The molecule has 7 heteroatoms. The van der Waals surface area contributed by atoms with Gasteiger partial charge in [-0.25, -0.2) is 0 Å². The van der Waals surface area contributed by atoms with Crippen LogP contribution in [-0.2, 0) is 15.2 Å². The molecule has 0 bridgehead atoms. The monoisotopic (exact) mass is 350 g/mol. The van der Waals surface area contributed by atoms with Crippen molar-refractivity contribution in [2.45, 2.75) is 37.5 Å². The Morgan fingerprint density at radius 1 is 1.26 bits per heavy atom. The minimum Gasteiger partial charge on any atom is -0.461 e. The summed E-state index contributed by atoms with van der Waals surface area (Å²) in [4.78, 5) is 4.36. The van der Waals surface area contributed by atoms with Gasteiger partial charge in [-0.3, -0.25) is 0 Å². The first-order chi connectivity index (χ1) is 11.0. The van der Waals surface area contributed by atoms with Crippen molar-refractivity contribution in [1.29, 1.82) is 0 Å². The van der Waals surface area contributed by atoms with Gasteiger partial charge >= 0.3 is 0 Å². The molecule has 122 valence electrons. The quantitative estimate of drug-likeness (QED) is 0.730. The van der Waals surface area contributed by atoms with Crippen molar-refractivity contribution in [1.82, 2.24) is 9.36 Å². The molecule has 0 fully saturated rings. The zero-order valence-corrected chi connectivity index (χ0v) is 14.9. The molecular weight excluding hydrogens is 332 g/mol. The highest BCUT2D eigenvalue weighted by atomic mass is 32.2. The molecule has 0 unspecified atom stereocenters. The van der Waals surface area contributed by atoms with E-state index in [0.717, 1.165) is 10.9 Å². The van der Waals surface area contributed by atoms with Crippen molar-refractivity contribution >= 4 is 23.3 Å². The Labute approximate surface area is 143 Å². The van der Waals surface area contributed by atoms with Gasteiger partial charge in [0, 0.05) is 31.1 Å². The lowest BCUT2D eigenvalue weighted by molar-refractivity contribution is -0.119. The van der Waals surface area contributed by atoms with Crippen LogP contribution in [0.5, 0.6) is 5.19 Å². The van der Waals surface area contributed by atoms with Gasteiger partial charge in [-0.05, 0) is 12.5 Å². The van der Waals surface area contributed by atoms with Gasteiger partial charge in [0.1, 0.15) is 6.26 Å². The predicted molar refractivity (Wildman–Crippen MR) is 90.5 cm³/mol. The van der Waals surface area contributed by atoms with Gasteiger partial charge in [-0.15, -0.1) is 0 Å². The van der Waals surface area contributed by atoms with E-state index < -0.39 is 5.79 Å². The van der Waals surface area contributed by atoms with Crippen LogP contribution >= 0.6 is 23.3 Å². The average molecular weight is 350 g/mol. The molecule has 2 heterocycles. The molecule has 1 aliphatic heterocycles. The molecule has 0 spiro atoms. The number of hydrogen-bond acceptors (Lipinski definition) is 7. The second-order valence-corrected chi connectivity index (χ2v) is 7.27. The number of benzene rings is 1. The lowest BCUT2D eigenvalue weighted by Gasteiger charge is -2.17. The summed E-state index contributed by atoms with van der Waals surface area (Å²) in [7, 11) is 0. The summed E-state index contributed by atoms with van der Waals surface area (Å²) in [6.45, 7) is 6.07. The third-order valence-electron chi connectivity index (χ3n) is 3.07. The molecule has 0 radical (unpaired) electrons. The molecule has 1 aromatic heterocycles. The summed E-state index contributed by atoms with van der Waals surface area (Å²) >= 11 is 2.84. The van der Waals surface area contributed by atoms with Gasteiger partial charge in [0.25, 0.3) is 5.19 Å². The summed E-state index contributed by atoms with van der Waals surface area (Å²) in [6, 6.07) is 8.46. The molecule has 0 amide bonds. The molecule has 0 N–H and O–H groups in total. The lowest BCUT2D eigenvalue weighted by Crippen LogP contribution is -2.21. The van der Waals surface area contributed by atoms with E-state index in [4.69, 9.17) is 14.2 Å². The van der Waals surface area contributed by atoms with E-state index in [1.165, 1.54) is 22.7 Å². The van der Waals surface area contributed by atoms with Crippen molar-refractivity contribution in [3.63, 3.8) is 0 Å². The Hall–Kier alpha value is -1.73. The number of rotatable bonds is 6. The molecular formula is C16H18N2O3S2. The first-order valence-corrected chi connectivity index (χ1v) is 8.97. The fourth-order valence-electron chi connectivity index (χ4n) is 1.91. The first-order valence-electron chi connectivity index (χ1n) is 7.21. The Bertz CT molecular complexity index is 696. The van der Waals surface area contributed by atoms with Gasteiger partial charge in [0.05, 0.1) is 0 Å². The van der Waals surface area contributed by atoms with Gasteiger partial charge in [0.2, 0.25) is 10.9 Å². The zero-order chi connectivity index (χ0) is 16.3. The Morgan fingerprint density at radius 3 is 2.74 bits per heavy atom. The molecule has 2 aromatic rings. The number of hydrogen-bond donors (Lipinski definition) is 0. The second kappa shape index (κ2) is 6.80. The molecule has 5 nitrogen and oxygen atoms in total. The van der Waals surface area contributed by atoms with Crippen molar-refractivity contribution in [3.05, 3.63) is 47.4 Å². The first kappa shape index (κ1) is 16.1. The molecule has 0 aliphatic carbocycles. The van der Waals surface area contributed by atoms with Crippen molar-refractivity contribution in [2.75, 3.05) is 6.61 Å². The van der Waals surface area contributed by atoms with E-state index in [1.807, 2.05) is 13.8 Å². The summed E-state index contributed by atoms with van der Waals surface area (Å²) in [6.07, 6.45) is 1.58. The highest BCUT2D eigenvalue weighted by Gasteiger charge is 2.27. The smallest absolute Gasteiger partial charge is 0.294 e. The highest BCUT2D eigenvalue weighted by molar-refractivity contribution is 7.98. The second-order valence-electron chi connectivity index (χ2n) is 5.61. The Kier molecular flexibility index (Phi) is 4.77. The molecule has 3 rings (SSSR count). The Balaban J connectivity index is 1.47. The van der Waals surface area contributed by atoms with Crippen LogP contribution in [0.15, 0.2) is 41.4 Å². The molecule has 0 atom stereocenters. The SMILES string of the molecule is Cc1ccc(CSc2nsc(OCC3=COC(C)(C)O3)n2)cc1. The van der Waals surface area contributed by atoms with Crippen LogP contribution in [0.3, 0.4) is 0 Å². The average Bonchev–Trinajstić information content (AvgIpc) is 3.11. The van der Waals surface area contributed by atoms with Crippen LogP contribution in [0, 0.1) is 6.92 Å². The van der Waals surface area contributed by atoms with E-state index >= 15 is 0 Å². The number of aromatic nitrogens is 2. The minimum atomic E-state index is -0.616. The van der Waals surface area contributed by atoms with Crippen molar-refractivity contribution in [2.24, 2.45) is 0 Å². The van der Waals surface area contributed by atoms with Gasteiger partial charge in [-0.1, -0.05) is 41.6 Å². The maximum absolute atomic E-state index is 5.59. The van der Waals surface area contributed by atoms with Crippen molar-refractivity contribution < 1.29 is 14.2 Å². The fraction of sp³-hybridized carbons (Fsp3) is 0.375. The van der Waals surface area contributed by atoms with Gasteiger partial charge < -0.3 is 14.2 Å². The summed E-state index contributed by atoms with van der Waals surface area (Å²) < 4.78 is 20.8. The molecule has 0 saturated heterocycles. The predicted octanol–water partition coefficient (Wildman–Crippen LogP) is 4.14. The summed E-state index contributed by atoms with van der Waals surface area (Å²) in [5.74, 6) is 0.876. The third-order valence-corrected chi connectivity index (χ3v) is 4.73. The maximum Gasteiger partial charge on any atom is 0.294 e. The topological polar surface area (TPSA) is 53.5 Å². The van der Waals surface area contributed by atoms with Gasteiger partial charge in [-0.2, -0.15) is 9.36 Å². The lowest BCUT2D eigenvalue weighted by atomic mass is 10.2. The summed E-state index contributed by atoms with van der Waals surface area (Å²) in [5.41, 5.74) is 2.51. The number of thioether (sulfide) groups is 1. The molecule has 1 aromatic carbocycles.